The lowest BCUT2D eigenvalue weighted by molar-refractivity contribution is 0.143. The van der Waals surface area contributed by atoms with Gasteiger partial charge in [0, 0.05) is 39.5 Å². The van der Waals surface area contributed by atoms with Gasteiger partial charge in [-0.1, -0.05) is 30.3 Å². The number of aliphatic imine (C=N–C) groups is 1. The van der Waals surface area contributed by atoms with Crippen molar-refractivity contribution in [3.05, 3.63) is 59.3 Å². The van der Waals surface area contributed by atoms with Crippen LogP contribution in [0.1, 0.15) is 23.6 Å². The van der Waals surface area contributed by atoms with E-state index >= 15 is 0 Å². The van der Waals surface area contributed by atoms with Crippen LogP contribution in [0.15, 0.2) is 47.6 Å². The molecule has 6 nitrogen and oxygen atoms in total. The number of methoxy groups -OCH3 is 1. The number of nitrogens with zero attached hydrogens (tertiary/aromatic N) is 3. The van der Waals surface area contributed by atoms with E-state index in [0.717, 1.165) is 24.6 Å². The number of aryl methyl sites for hydroxylation is 1. The molecule has 27 heavy (non-hydrogen) atoms. The van der Waals surface area contributed by atoms with Gasteiger partial charge in [0.25, 0.3) is 0 Å². The second kappa shape index (κ2) is 11.2. The van der Waals surface area contributed by atoms with E-state index < -0.39 is 0 Å². The third-order valence-electron chi connectivity index (χ3n) is 4.11. The Labute approximate surface area is 162 Å². The molecule has 0 bridgehead atoms. The van der Waals surface area contributed by atoms with Crippen LogP contribution in [0.25, 0.3) is 0 Å². The first-order valence-electron chi connectivity index (χ1n) is 9.24. The van der Waals surface area contributed by atoms with Gasteiger partial charge in [-0.2, -0.15) is 0 Å². The predicted molar refractivity (Wildman–Crippen MR) is 109 cm³/mol. The first kappa shape index (κ1) is 20.7. The van der Waals surface area contributed by atoms with Gasteiger partial charge in [-0.05, 0) is 30.5 Å². The van der Waals surface area contributed by atoms with Gasteiger partial charge >= 0.3 is 0 Å². The number of hydrogen-bond acceptors (Lipinski definition) is 4. The third kappa shape index (κ3) is 6.90. The van der Waals surface area contributed by atoms with Gasteiger partial charge in [-0.25, -0.2) is 9.98 Å². The highest BCUT2D eigenvalue weighted by Crippen LogP contribution is 2.11. The van der Waals surface area contributed by atoms with E-state index in [4.69, 9.17) is 14.5 Å². The molecule has 0 aliphatic rings. The zero-order valence-corrected chi connectivity index (χ0v) is 16.7. The van der Waals surface area contributed by atoms with Crippen LogP contribution in [0.5, 0.6) is 5.88 Å². The van der Waals surface area contributed by atoms with Crippen LogP contribution in [0.4, 0.5) is 0 Å². The molecular weight excluding hydrogens is 340 g/mol. The highest BCUT2D eigenvalue weighted by atomic mass is 16.5. The summed E-state index contributed by atoms with van der Waals surface area (Å²) in [6.45, 7) is 7.44. The van der Waals surface area contributed by atoms with E-state index in [1.165, 1.54) is 11.1 Å². The number of nitrogens with one attached hydrogen (secondary N) is 1. The van der Waals surface area contributed by atoms with E-state index in [2.05, 4.69) is 60.4 Å². The summed E-state index contributed by atoms with van der Waals surface area (Å²) in [4.78, 5) is 11.2. The van der Waals surface area contributed by atoms with Crippen molar-refractivity contribution in [2.24, 2.45) is 4.99 Å². The molecule has 0 aliphatic heterocycles. The molecule has 1 aromatic carbocycles. The van der Waals surface area contributed by atoms with Crippen molar-refractivity contribution < 1.29 is 9.47 Å². The van der Waals surface area contributed by atoms with Crippen molar-refractivity contribution in [3.63, 3.8) is 0 Å². The minimum atomic E-state index is 0.495. The molecule has 0 atom stereocenters. The largest absolute Gasteiger partial charge is 0.475 e. The Kier molecular flexibility index (Phi) is 8.58. The number of aromatic nitrogens is 1. The van der Waals surface area contributed by atoms with Gasteiger partial charge < -0.3 is 19.7 Å². The first-order valence-corrected chi connectivity index (χ1v) is 9.24. The number of ether oxygens (including phenoxy) is 2. The minimum Gasteiger partial charge on any atom is -0.475 e. The van der Waals surface area contributed by atoms with Crippen LogP contribution in [0.2, 0.25) is 0 Å². The summed E-state index contributed by atoms with van der Waals surface area (Å²) in [6, 6.07) is 12.3. The molecule has 0 fully saturated rings. The van der Waals surface area contributed by atoms with Gasteiger partial charge in [0.2, 0.25) is 5.88 Å². The summed E-state index contributed by atoms with van der Waals surface area (Å²) < 4.78 is 10.5. The summed E-state index contributed by atoms with van der Waals surface area (Å²) in [5.41, 5.74) is 3.62. The topological polar surface area (TPSA) is 59.0 Å². The molecule has 0 amide bonds. The Morgan fingerprint density at radius 1 is 1.19 bits per heavy atom. The molecule has 1 heterocycles. The van der Waals surface area contributed by atoms with E-state index in [0.29, 0.717) is 25.6 Å². The molecule has 1 N–H and O–H groups in total. The highest BCUT2D eigenvalue weighted by Gasteiger charge is 2.08. The predicted octanol–water partition coefficient (Wildman–Crippen LogP) is 3.01. The van der Waals surface area contributed by atoms with Gasteiger partial charge in [-0.15, -0.1) is 0 Å². The Hall–Kier alpha value is -2.60. The standard InChI is InChI=1S/C21H30N4O2/c1-5-22-21(25(3)16-19-9-7-6-8-17(19)2)24-15-18-10-11-20(23-14-18)27-13-12-26-4/h6-11,14H,5,12-13,15-16H2,1-4H3,(H,22,24). The SMILES string of the molecule is CCNC(=NCc1ccc(OCCOC)nc1)N(C)Cc1ccccc1C. The Morgan fingerprint density at radius 2 is 2.00 bits per heavy atom. The third-order valence-corrected chi connectivity index (χ3v) is 4.11. The van der Waals surface area contributed by atoms with Crippen molar-refractivity contribution in [1.29, 1.82) is 0 Å². The fraction of sp³-hybridized carbons (Fsp3) is 0.429. The van der Waals surface area contributed by atoms with Crippen molar-refractivity contribution in [1.82, 2.24) is 15.2 Å². The monoisotopic (exact) mass is 370 g/mol. The normalized spacial score (nSPS) is 11.3. The molecule has 0 aliphatic carbocycles. The summed E-state index contributed by atoms with van der Waals surface area (Å²) in [5, 5.41) is 3.35. The number of rotatable bonds is 9. The molecule has 1 aromatic heterocycles. The minimum absolute atomic E-state index is 0.495. The average molecular weight is 370 g/mol. The van der Waals surface area contributed by atoms with Crippen molar-refractivity contribution in [2.45, 2.75) is 26.9 Å². The number of hydrogen-bond donors (Lipinski definition) is 1. The molecule has 6 heteroatoms. The fourth-order valence-electron chi connectivity index (χ4n) is 2.57. The molecule has 2 rings (SSSR count). The van der Waals surface area contributed by atoms with Crippen molar-refractivity contribution in [3.8, 4) is 5.88 Å². The maximum absolute atomic E-state index is 5.49. The molecule has 0 spiro atoms. The number of guanidine groups is 1. The lowest BCUT2D eigenvalue weighted by atomic mass is 10.1. The van der Waals surface area contributed by atoms with Gasteiger partial charge in [-0.3, -0.25) is 0 Å². The number of pyridine rings is 1. The molecular formula is C21H30N4O2. The van der Waals surface area contributed by atoms with E-state index in [9.17, 15) is 0 Å². The maximum atomic E-state index is 5.49. The number of benzene rings is 1. The van der Waals surface area contributed by atoms with Gasteiger partial charge in [0.1, 0.15) is 6.61 Å². The zero-order chi connectivity index (χ0) is 19.5. The quantitative estimate of drug-likeness (QED) is 0.418. The average Bonchev–Trinajstić information content (AvgIpc) is 2.68. The van der Waals surface area contributed by atoms with Crippen LogP contribution in [-0.4, -0.2) is 49.8 Å². The highest BCUT2D eigenvalue weighted by molar-refractivity contribution is 5.79. The summed E-state index contributed by atoms with van der Waals surface area (Å²) in [7, 11) is 3.70. The second-order valence-electron chi connectivity index (χ2n) is 6.30. The molecule has 0 saturated carbocycles. The van der Waals surface area contributed by atoms with Gasteiger partial charge in [0.15, 0.2) is 5.96 Å². The smallest absolute Gasteiger partial charge is 0.213 e. The summed E-state index contributed by atoms with van der Waals surface area (Å²) in [5.74, 6) is 1.48. The Morgan fingerprint density at radius 3 is 2.67 bits per heavy atom. The molecule has 2 aromatic rings. The van der Waals surface area contributed by atoms with Gasteiger partial charge in [0.05, 0.1) is 13.2 Å². The van der Waals surface area contributed by atoms with Crippen molar-refractivity contribution >= 4 is 5.96 Å². The second-order valence-corrected chi connectivity index (χ2v) is 6.30. The first-order chi connectivity index (χ1) is 13.1. The van der Waals surface area contributed by atoms with Crippen LogP contribution in [0.3, 0.4) is 0 Å². The van der Waals surface area contributed by atoms with Crippen LogP contribution < -0.4 is 10.1 Å². The maximum Gasteiger partial charge on any atom is 0.213 e. The lowest BCUT2D eigenvalue weighted by Crippen LogP contribution is -2.38. The molecule has 0 radical (unpaired) electrons. The Bertz CT molecular complexity index is 716. The summed E-state index contributed by atoms with van der Waals surface area (Å²) >= 11 is 0. The summed E-state index contributed by atoms with van der Waals surface area (Å²) in [6.07, 6.45) is 1.80. The molecule has 146 valence electrons. The fourth-order valence-corrected chi connectivity index (χ4v) is 2.57. The van der Waals surface area contributed by atoms with Crippen LogP contribution in [-0.2, 0) is 17.8 Å². The van der Waals surface area contributed by atoms with Crippen molar-refractivity contribution in [2.75, 3.05) is 33.9 Å². The Balaban J connectivity index is 1.98. The lowest BCUT2D eigenvalue weighted by Gasteiger charge is -2.23. The van der Waals surface area contributed by atoms with E-state index in [1.807, 2.05) is 12.1 Å². The zero-order valence-electron chi connectivity index (χ0n) is 16.7. The van der Waals surface area contributed by atoms with Crippen LogP contribution in [0, 0.1) is 6.92 Å². The van der Waals surface area contributed by atoms with E-state index in [-0.39, 0.29) is 0 Å². The molecule has 0 unspecified atom stereocenters. The van der Waals surface area contributed by atoms with E-state index in [1.54, 1.807) is 13.3 Å². The van der Waals surface area contributed by atoms with Crippen LogP contribution >= 0.6 is 0 Å². The molecule has 0 saturated heterocycles.